The smallest absolute Gasteiger partial charge is 0.0920 e. The van der Waals surface area contributed by atoms with Crippen LogP contribution in [0.3, 0.4) is 0 Å². The molecule has 0 saturated heterocycles. The summed E-state index contributed by atoms with van der Waals surface area (Å²) >= 11 is 0. The first kappa shape index (κ1) is 45.2. The maximum atomic E-state index is 3.31. The van der Waals surface area contributed by atoms with Crippen LogP contribution in [-0.2, 0) is 36.7 Å². The Balaban J connectivity index is 0.000000155. The van der Waals surface area contributed by atoms with Crippen molar-refractivity contribution in [2.75, 3.05) is 0 Å². The van der Waals surface area contributed by atoms with Crippen LogP contribution in [0.5, 0.6) is 0 Å². The van der Waals surface area contributed by atoms with Gasteiger partial charge in [-0.25, -0.2) is 0 Å². The number of rotatable bonds is 6. The molecule has 0 spiro atoms. The molecule has 2 radical (unpaired) electrons. The van der Waals surface area contributed by atoms with Crippen LogP contribution in [0.2, 0.25) is 0 Å². The van der Waals surface area contributed by atoms with E-state index in [2.05, 4.69) is 221 Å². The van der Waals surface area contributed by atoms with Crippen molar-refractivity contribution in [3.63, 3.8) is 0 Å². The molecule has 0 saturated carbocycles. The molecule has 1 aliphatic rings. The average molecular weight is 965 g/mol. The Morgan fingerprint density at radius 3 is 1.38 bits per heavy atom. The van der Waals surface area contributed by atoms with E-state index in [1.807, 2.05) is 6.07 Å². The Labute approximate surface area is 382 Å². The zero-order valence-corrected chi connectivity index (χ0v) is 42.1. The van der Waals surface area contributed by atoms with E-state index >= 15 is 0 Å². The van der Waals surface area contributed by atoms with Crippen LogP contribution < -0.4 is 10.4 Å². The number of benzene rings is 6. The maximum Gasteiger partial charge on any atom is 0.0920 e. The van der Waals surface area contributed by atoms with Gasteiger partial charge in [0.05, 0.1) is 9.52 Å². The van der Waals surface area contributed by atoms with Gasteiger partial charge in [0.2, 0.25) is 0 Å². The molecule has 0 amide bonds. The number of hydrogen-bond acceptors (Lipinski definition) is 0. The predicted molar refractivity (Wildman–Crippen MR) is 261 cm³/mol. The molecule has 2 unspecified atom stereocenters. The topological polar surface area (TPSA) is 0 Å². The molecule has 8 aromatic carbocycles. The van der Waals surface area contributed by atoms with E-state index in [1.165, 1.54) is 100 Å². The summed E-state index contributed by atoms with van der Waals surface area (Å²) in [6, 6.07) is 58.8. The Morgan fingerprint density at radius 1 is 0.500 bits per heavy atom. The molecule has 0 aliphatic carbocycles. The van der Waals surface area contributed by atoms with E-state index in [4.69, 9.17) is 0 Å². The standard InChI is InChI=1S/2C23H27.C12H7Si.Hf/c2*1-6-16(2)18-14-17-10-9-12-19(21(17)15-18)20-11-7-8-13-22(20)23(3,4)5;1-3-7-11-9(5-1)10-6-2-4-8-12(10)13-11;/h2*7-16H,6H2,1-5H3;1-7H;/q3*-1;. The summed E-state index contributed by atoms with van der Waals surface area (Å²) in [6.07, 6.45) is 2.37. The Bertz CT molecular complexity index is 2490. The molecule has 1 heterocycles. The first-order chi connectivity index (χ1) is 28.3. The van der Waals surface area contributed by atoms with Crippen molar-refractivity contribution in [3.8, 4) is 33.4 Å². The zero-order chi connectivity index (χ0) is 41.9. The fraction of sp³-hybridized carbons (Fsp3) is 0.276. The van der Waals surface area contributed by atoms with E-state index in [9.17, 15) is 0 Å². The van der Waals surface area contributed by atoms with Crippen LogP contribution in [0.4, 0.5) is 0 Å². The minimum atomic E-state index is 0. The Kier molecular flexibility index (Phi) is 14.4. The molecule has 0 bridgehead atoms. The molecule has 304 valence electrons. The number of fused-ring (bicyclic) bond motifs is 5. The molecule has 2 heteroatoms. The third-order valence-electron chi connectivity index (χ3n) is 12.3. The van der Waals surface area contributed by atoms with Gasteiger partial charge in [0, 0.05) is 25.8 Å². The maximum absolute atomic E-state index is 3.31. The Hall–Kier alpha value is -4.37. The summed E-state index contributed by atoms with van der Waals surface area (Å²) in [4.78, 5) is 0. The summed E-state index contributed by atoms with van der Waals surface area (Å²) in [5, 5.41) is 8.32. The van der Waals surface area contributed by atoms with E-state index in [0.717, 1.165) is 9.52 Å². The largest absolute Gasteiger partial charge is 0.184 e. The summed E-state index contributed by atoms with van der Waals surface area (Å²) in [6.45, 7) is 22.9. The van der Waals surface area contributed by atoms with E-state index in [1.54, 1.807) is 0 Å². The fourth-order valence-electron chi connectivity index (χ4n) is 8.50. The third-order valence-corrected chi connectivity index (χ3v) is 13.7. The normalized spacial score (nSPS) is 13.0. The van der Waals surface area contributed by atoms with Crippen LogP contribution >= 0.6 is 0 Å². The second-order valence-electron chi connectivity index (χ2n) is 18.5. The molecule has 1 aliphatic heterocycles. The molecular weight excluding hydrogens is 903 g/mol. The van der Waals surface area contributed by atoms with Gasteiger partial charge >= 0.3 is 0 Å². The van der Waals surface area contributed by atoms with E-state index < -0.39 is 0 Å². The van der Waals surface area contributed by atoms with E-state index in [0.29, 0.717) is 11.8 Å². The van der Waals surface area contributed by atoms with Crippen LogP contribution in [0.25, 0.3) is 54.9 Å². The van der Waals surface area contributed by atoms with Crippen LogP contribution in [-0.4, -0.2) is 9.52 Å². The van der Waals surface area contributed by atoms with Gasteiger partial charge in [0.1, 0.15) is 0 Å². The van der Waals surface area contributed by atoms with Gasteiger partial charge in [-0.3, -0.25) is 0 Å². The molecule has 0 fully saturated rings. The minimum Gasteiger partial charge on any atom is -0.184 e. The monoisotopic (exact) mass is 965 g/mol. The molecule has 0 nitrogen and oxygen atoms in total. The Morgan fingerprint density at radius 2 is 0.917 bits per heavy atom. The molecule has 8 aromatic rings. The SMILES string of the molecule is CCC(C)c1cc2c(-c3ccccc3C(C)(C)C)cccc2[cH-]1.CCC(C)c1cc2c(-c3ccccc3C(C)(C)C)cccc2[cH-]1.[Hf].[c-]1cccc2c1[Si]c1ccccc1-2. The van der Waals surface area contributed by atoms with Crippen molar-refractivity contribution in [3.05, 3.63) is 180 Å². The van der Waals surface area contributed by atoms with Gasteiger partial charge < -0.3 is 0 Å². The quantitative estimate of drug-likeness (QED) is 0.115. The van der Waals surface area contributed by atoms with Gasteiger partial charge in [0.25, 0.3) is 0 Å². The van der Waals surface area contributed by atoms with Crippen LogP contribution in [0, 0.1) is 6.07 Å². The molecular formula is C58H61HfSi-3. The molecule has 0 aromatic heterocycles. The van der Waals surface area contributed by atoms with Gasteiger partial charge in [-0.15, -0.1) is 74.6 Å². The van der Waals surface area contributed by atoms with Crippen LogP contribution in [0.1, 0.15) is 116 Å². The van der Waals surface area contributed by atoms with Crippen molar-refractivity contribution in [2.24, 2.45) is 0 Å². The fourth-order valence-corrected chi connectivity index (χ4v) is 9.81. The van der Waals surface area contributed by atoms with Gasteiger partial charge in [-0.2, -0.15) is 41.6 Å². The molecule has 9 rings (SSSR count). The minimum absolute atomic E-state index is 0. The van der Waals surface area contributed by atoms with Gasteiger partial charge in [-0.05, 0) is 44.9 Å². The third kappa shape index (κ3) is 9.72. The van der Waals surface area contributed by atoms with Crippen molar-refractivity contribution < 1.29 is 25.8 Å². The summed E-state index contributed by atoms with van der Waals surface area (Å²) in [5.41, 5.74) is 14.3. The van der Waals surface area contributed by atoms with Crippen molar-refractivity contribution >= 4 is 41.4 Å². The number of hydrogen-bond donors (Lipinski definition) is 0. The van der Waals surface area contributed by atoms with Crippen LogP contribution in [0.15, 0.2) is 152 Å². The first-order valence-corrected chi connectivity index (χ1v) is 22.7. The van der Waals surface area contributed by atoms with Crippen molar-refractivity contribution in [1.82, 2.24) is 0 Å². The molecule has 60 heavy (non-hydrogen) atoms. The molecule has 2 atom stereocenters. The first-order valence-electron chi connectivity index (χ1n) is 21.7. The van der Waals surface area contributed by atoms with Gasteiger partial charge in [-0.1, -0.05) is 189 Å². The summed E-state index contributed by atoms with van der Waals surface area (Å²) in [7, 11) is 0.795. The van der Waals surface area contributed by atoms with Crippen molar-refractivity contribution in [1.29, 1.82) is 0 Å². The summed E-state index contributed by atoms with van der Waals surface area (Å²) < 4.78 is 0. The van der Waals surface area contributed by atoms with Gasteiger partial charge in [0.15, 0.2) is 0 Å². The van der Waals surface area contributed by atoms with E-state index in [-0.39, 0.29) is 36.7 Å². The predicted octanol–water partition coefficient (Wildman–Crippen LogP) is 15.2. The van der Waals surface area contributed by atoms with Crippen molar-refractivity contribution in [2.45, 2.75) is 105 Å². The molecule has 0 N–H and O–H groups in total. The summed E-state index contributed by atoms with van der Waals surface area (Å²) in [5.74, 6) is 1.24. The second-order valence-corrected chi connectivity index (χ2v) is 19.8. The average Bonchev–Trinajstić information content (AvgIpc) is 3.98. The zero-order valence-electron chi connectivity index (χ0n) is 37.5. The second kappa shape index (κ2) is 19.1.